The van der Waals surface area contributed by atoms with Crippen LogP contribution in [0.25, 0.3) is 22.4 Å². The number of alkyl halides is 6. The van der Waals surface area contributed by atoms with Gasteiger partial charge in [0, 0.05) is 23.5 Å². The molecule has 0 aliphatic rings. The molecular formula is C29H28F6N2O4. The number of hydrogen-bond acceptors (Lipinski definition) is 6. The molecule has 0 saturated heterocycles. The zero-order chi connectivity index (χ0) is 30.2. The second-order valence-corrected chi connectivity index (χ2v) is 9.32. The molecule has 12 heteroatoms. The largest absolute Gasteiger partial charge is 0.449 e. The van der Waals surface area contributed by atoms with E-state index in [2.05, 4.69) is 14.7 Å². The van der Waals surface area contributed by atoms with Gasteiger partial charge in [0.1, 0.15) is 5.69 Å². The Bertz CT molecular complexity index is 1290. The summed E-state index contributed by atoms with van der Waals surface area (Å²) in [4.78, 5) is 32.3. The van der Waals surface area contributed by atoms with Gasteiger partial charge in [-0.3, -0.25) is 4.98 Å². The number of esters is 2. The normalized spacial score (nSPS) is 13.4. The van der Waals surface area contributed by atoms with E-state index in [1.54, 1.807) is 24.3 Å². The second-order valence-electron chi connectivity index (χ2n) is 9.32. The van der Waals surface area contributed by atoms with Crippen LogP contribution < -0.4 is 0 Å². The van der Waals surface area contributed by atoms with Crippen LogP contribution in [0.5, 0.6) is 0 Å². The molecule has 0 saturated carbocycles. The van der Waals surface area contributed by atoms with Crippen molar-refractivity contribution >= 4 is 11.9 Å². The molecule has 0 fully saturated rings. The molecule has 0 radical (unpaired) electrons. The van der Waals surface area contributed by atoms with Crippen LogP contribution in [0.3, 0.4) is 0 Å². The van der Waals surface area contributed by atoms with E-state index in [1.165, 1.54) is 30.5 Å². The summed E-state index contributed by atoms with van der Waals surface area (Å²) in [7, 11) is 0. The summed E-state index contributed by atoms with van der Waals surface area (Å²) in [6, 6.07) is 12.4. The Balaban J connectivity index is 1.63. The summed E-state index contributed by atoms with van der Waals surface area (Å²) in [5.41, 5.74) is 1.98. The molecule has 1 aromatic carbocycles. The zero-order valence-corrected chi connectivity index (χ0v) is 22.3. The Morgan fingerprint density at radius 1 is 0.732 bits per heavy atom. The lowest BCUT2D eigenvalue weighted by Gasteiger charge is -2.20. The van der Waals surface area contributed by atoms with Crippen molar-refractivity contribution in [3.8, 4) is 22.4 Å². The summed E-state index contributed by atoms with van der Waals surface area (Å²) >= 11 is 0. The van der Waals surface area contributed by atoms with Crippen LogP contribution in [0.2, 0.25) is 0 Å². The van der Waals surface area contributed by atoms with Crippen LogP contribution in [0.4, 0.5) is 26.3 Å². The molecule has 0 bridgehead atoms. The topological polar surface area (TPSA) is 78.4 Å². The third-order valence-electron chi connectivity index (χ3n) is 6.16. The maximum Gasteiger partial charge on any atom is 0.425 e. The number of ether oxygens (including phenoxy) is 2. The highest BCUT2D eigenvalue weighted by molar-refractivity contribution is 5.89. The van der Waals surface area contributed by atoms with Crippen molar-refractivity contribution in [2.75, 3.05) is 0 Å². The van der Waals surface area contributed by atoms with Crippen molar-refractivity contribution in [3.63, 3.8) is 0 Å². The van der Waals surface area contributed by atoms with Gasteiger partial charge in [0.15, 0.2) is 12.2 Å². The number of nitrogens with zero attached hydrogens (tertiary/aromatic N) is 2. The van der Waals surface area contributed by atoms with E-state index in [1.807, 2.05) is 6.92 Å². The summed E-state index contributed by atoms with van der Waals surface area (Å²) in [5.74, 6) is -2.30. The van der Waals surface area contributed by atoms with Gasteiger partial charge < -0.3 is 9.47 Å². The molecule has 2 atom stereocenters. The fourth-order valence-corrected chi connectivity index (χ4v) is 3.74. The molecule has 0 N–H and O–H groups in total. The average Bonchev–Trinajstić information content (AvgIpc) is 2.93. The predicted molar refractivity (Wildman–Crippen MR) is 138 cm³/mol. The van der Waals surface area contributed by atoms with E-state index in [0.29, 0.717) is 35.2 Å². The number of aromatic nitrogens is 2. The maximum atomic E-state index is 13.3. The zero-order valence-electron chi connectivity index (χ0n) is 22.3. The highest BCUT2D eigenvalue weighted by atomic mass is 19.4. The van der Waals surface area contributed by atoms with Crippen molar-refractivity contribution < 1.29 is 45.4 Å². The molecule has 0 unspecified atom stereocenters. The Labute approximate surface area is 232 Å². The lowest BCUT2D eigenvalue weighted by atomic mass is 10.0. The molecule has 0 aliphatic heterocycles. The summed E-state index contributed by atoms with van der Waals surface area (Å²) in [5, 5.41) is 0. The van der Waals surface area contributed by atoms with Gasteiger partial charge >= 0.3 is 24.3 Å². The van der Waals surface area contributed by atoms with Gasteiger partial charge in [0.2, 0.25) is 0 Å². The van der Waals surface area contributed by atoms with Crippen LogP contribution in [-0.4, -0.2) is 46.5 Å². The fourth-order valence-electron chi connectivity index (χ4n) is 3.74. The van der Waals surface area contributed by atoms with Crippen molar-refractivity contribution in [1.82, 2.24) is 9.97 Å². The first-order chi connectivity index (χ1) is 19.3. The maximum absolute atomic E-state index is 13.3. The van der Waals surface area contributed by atoms with Gasteiger partial charge in [-0.25, -0.2) is 14.6 Å². The Hall–Kier alpha value is -3.96. The quantitative estimate of drug-likeness (QED) is 0.130. The van der Waals surface area contributed by atoms with Gasteiger partial charge in [-0.2, -0.15) is 26.3 Å². The molecule has 2 heterocycles. The molecule has 0 amide bonds. The molecule has 220 valence electrons. The number of carbonyl (C=O) groups excluding carboxylic acids is 2. The van der Waals surface area contributed by atoms with Crippen LogP contribution in [0.15, 0.2) is 60.9 Å². The summed E-state index contributed by atoms with van der Waals surface area (Å²) < 4.78 is 86.9. The van der Waals surface area contributed by atoms with E-state index in [0.717, 1.165) is 26.0 Å². The standard InChI is InChI=1S/C29H28F6N2O4/c1-3-4-5-6-7-25(29(33,34)35)41-26(38)22-13-14-23(36-17-22)20-10-8-19(9-11-20)21-12-15-24(37-16-21)27(39)40-18(2)28(30,31)32/h8-18,25H,3-7H2,1-2H3/t18-,25-/m0/s1. The third kappa shape index (κ3) is 9.02. The minimum absolute atomic E-state index is 0.109. The van der Waals surface area contributed by atoms with Gasteiger partial charge in [-0.05, 0) is 43.5 Å². The van der Waals surface area contributed by atoms with Crippen molar-refractivity contribution in [2.45, 2.75) is 70.5 Å². The number of hydrogen-bond donors (Lipinski definition) is 0. The molecule has 2 aromatic heterocycles. The molecule has 3 rings (SSSR count). The number of benzene rings is 1. The number of unbranched alkanes of at least 4 members (excludes halogenated alkanes) is 3. The highest BCUT2D eigenvalue weighted by Gasteiger charge is 2.42. The lowest BCUT2D eigenvalue weighted by Crippen LogP contribution is -2.33. The van der Waals surface area contributed by atoms with Gasteiger partial charge in [-0.15, -0.1) is 0 Å². The Morgan fingerprint density at radius 2 is 1.39 bits per heavy atom. The van der Waals surface area contributed by atoms with E-state index in [4.69, 9.17) is 4.74 Å². The number of rotatable bonds is 11. The minimum Gasteiger partial charge on any atom is -0.449 e. The first-order valence-corrected chi connectivity index (χ1v) is 12.9. The van der Waals surface area contributed by atoms with Crippen LogP contribution in [-0.2, 0) is 9.47 Å². The molecule has 41 heavy (non-hydrogen) atoms. The highest BCUT2D eigenvalue weighted by Crippen LogP contribution is 2.29. The van der Waals surface area contributed by atoms with Crippen molar-refractivity contribution in [1.29, 1.82) is 0 Å². The number of pyridine rings is 2. The molecular weight excluding hydrogens is 554 g/mol. The third-order valence-corrected chi connectivity index (χ3v) is 6.16. The average molecular weight is 583 g/mol. The predicted octanol–water partition coefficient (Wildman–Crippen LogP) is 7.98. The van der Waals surface area contributed by atoms with E-state index in [9.17, 15) is 35.9 Å². The first-order valence-electron chi connectivity index (χ1n) is 12.9. The second kappa shape index (κ2) is 13.6. The number of carbonyl (C=O) groups is 2. The van der Waals surface area contributed by atoms with Crippen LogP contribution in [0, 0.1) is 0 Å². The van der Waals surface area contributed by atoms with Crippen molar-refractivity contribution in [3.05, 3.63) is 72.2 Å². The van der Waals surface area contributed by atoms with Crippen molar-refractivity contribution in [2.24, 2.45) is 0 Å². The Morgan fingerprint density at radius 3 is 1.93 bits per heavy atom. The van der Waals surface area contributed by atoms with Gasteiger partial charge in [-0.1, -0.05) is 56.5 Å². The molecule has 3 aromatic rings. The first kappa shape index (κ1) is 31.6. The molecule has 0 aliphatic carbocycles. The van der Waals surface area contributed by atoms with Crippen LogP contribution >= 0.6 is 0 Å². The van der Waals surface area contributed by atoms with Gasteiger partial charge in [0.25, 0.3) is 0 Å². The minimum atomic E-state index is -4.68. The monoisotopic (exact) mass is 582 g/mol. The SMILES string of the molecule is CCCCCC[C@H](OC(=O)c1ccc(-c2ccc(-c3ccc(C(=O)O[C@@H](C)C(F)(F)F)nc3)cc2)nc1)C(F)(F)F. The molecule has 0 spiro atoms. The van der Waals surface area contributed by atoms with Gasteiger partial charge in [0.05, 0.1) is 11.3 Å². The molecule has 6 nitrogen and oxygen atoms in total. The smallest absolute Gasteiger partial charge is 0.425 e. The lowest BCUT2D eigenvalue weighted by molar-refractivity contribution is -0.206. The van der Waals surface area contributed by atoms with Crippen LogP contribution in [0.1, 0.15) is 66.8 Å². The summed E-state index contributed by atoms with van der Waals surface area (Å²) in [6.45, 7) is 2.67. The van der Waals surface area contributed by atoms with E-state index >= 15 is 0 Å². The fraction of sp³-hybridized carbons (Fsp3) is 0.379. The Kier molecular flexibility index (Phi) is 10.5. The summed E-state index contributed by atoms with van der Waals surface area (Å²) in [6.07, 6.45) is -9.03. The van der Waals surface area contributed by atoms with E-state index < -0.39 is 36.5 Å². The number of halogens is 6. The van der Waals surface area contributed by atoms with E-state index in [-0.39, 0.29) is 17.7 Å².